The highest BCUT2D eigenvalue weighted by molar-refractivity contribution is 5.74. The molecular formula is C13H20N2O2. The number of amides is 2. The van der Waals surface area contributed by atoms with Gasteiger partial charge in [-0.3, -0.25) is 0 Å². The van der Waals surface area contributed by atoms with Gasteiger partial charge in [0.25, 0.3) is 0 Å². The summed E-state index contributed by atoms with van der Waals surface area (Å²) < 4.78 is 5.08. The van der Waals surface area contributed by atoms with Gasteiger partial charge in [0.15, 0.2) is 0 Å². The predicted molar refractivity (Wildman–Crippen MR) is 68.2 cm³/mol. The van der Waals surface area contributed by atoms with E-state index in [2.05, 4.69) is 10.6 Å². The van der Waals surface area contributed by atoms with Crippen molar-refractivity contribution in [2.24, 2.45) is 0 Å². The molecule has 1 aromatic rings. The number of ether oxygens (including phenoxy) is 1. The summed E-state index contributed by atoms with van der Waals surface area (Å²) >= 11 is 0. The molecule has 1 atom stereocenters. The minimum absolute atomic E-state index is 0.0281. The van der Waals surface area contributed by atoms with E-state index in [0.717, 1.165) is 11.3 Å². The summed E-state index contributed by atoms with van der Waals surface area (Å²) in [6.07, 6.45) is 0. The molecule has 1 rings (SSSR count). The van der Waals surface area contributed by atoms with Gasteiger partial charge >= 0.3 is 6.03 Å². The van der Waals surface area contributed by atoms with Gasteiger partial charge in [-0.1, -0.05) is 12.1 Å². The Labute approximate surface area is 102 Å². The van der Waals surface area contributed by atoms with Crippen molar-refractivity contribution in [3.8, 4) is 5.75 Å². The van der Waals surface area contributed by atoms with E-state index in [1.807, 2.05) is 45.0 Å². The van der Waals surface area contributed by atoms with Gasteiger partial charge in [0, 0.05) is 6.04 Å². The Bertz CT molecular complexity index is 360. The highest BCUT2D eigenvalue weighted by Gasteiger charge is 2.09. The van der Waals surface area contributed by atoms with Crippen molar-refractivity contribution >= 4 is 6.03 Å². The maximum Gasteiger partial charge on any atom is 0.315 e. The lowest BCUT2D eigenvalue weighted by atomic mass is 10.1. The molecule has 0 aliphatic rings. The normalized spacial score (nSPS) is 12.1. The highest BCUT2D eigenvalue weighted by atomic mass is 16.5. The SMILES string of the molecule is COc1ccc(C(C)NC(=O)NC(C)C)cc1. The molecule has 0 saturated heterocycles. The lowest BCUT2D eigenvalue weighted by molar-refractivity contribution is 0.235. The topological polar surface area (TPSA) is 50.4 Å². The molecule has 1 unspecified atom stereocenters. The minimum atomic E-state index is -0.150. The third-order valence-corrected chi connectivity index (χ3v) is 2.38. The molecule has 0 bridgehead atoms. The summed E-state index contributed by atoms with van der Waals surface area (Å²) in [5.41, 5.74) is 1.05. The summed E-state index contributed by atoms with van der Waals surface area (Å²) in [4.78, 5) is 11.5. The Morgan fingerprint density at radius 3 is 2.18 bits per heavy atom. The standard InChI is InChI=1S/C13H20N2O2/c1-9(2)14-13(16)15-10(3)11-5-7-12(17-4)8-6-11/h5-10H,1-4H3,(H2,14,15,16). The molecule has 0 fully saturated rings. The lowest BCUT2D eigenvalue weighted by Crippen LogP contribution is -2.40. The maximum absolute atomic E-state index is 11.5. The smallest absolute Gasteiger partial charge is 0.315 e. The molecule has 0 aliphatic heterocycles. The average Bonchev–Trinajstić information content (AvgIpc) is 2.28. The number of nitrogens with one attached hydrogen (secondary N) is 2. The van der Waals surface area contributed by atoms with Crippen LogP contribution < -0.4 is 15.4 Å². The van der Waals surface area contributed by atoms with Crippen LogP contribution in [0.2, 0.25) is 0 Å². The van der Waals surface area contributed by atoms with Crippen LogP contribution in [0.3, 0.4) is 0 Å². The first kappa shape index (κ1) is 13.4. The zero-order valence-corrected chi connectivity index (χ0v) is 10.8. The first-order valence-electron chi connectivity index (χ1n) is 5.74. The van der Waals surface area contributed by atoms with Crippen LogP contribution in [0.1, 0.15) is 32.4 Å². The lowest BCUT2D eigenvalue weighted by Gasteiger charge is -2.16. The van der Waals surface area contributed by atoms with E-state index in [0.29, 0.717) is 0 Å². The van der Waals surface area contributed by atoms with E-state index < -0.39 is 0 Å². The Kier molecular flexibility index (Phi) is 4.82. The summed E-state index contributed by atoms with van der Waals surface area (Å²) in [6, 6.07) is 7.61. The molecule has 0 aromatic heterocycles. The van der Waals surface area contributed by atoms with Crippen LogP contribution in [-0.4, -0.2) is 19.2 Å². The van der Waals surface area contributed by atoms with E-state index in [1.54, 1.807) is 7.11 Å². The van der Waals surface area contributed by atoms with Crippen LogP contribution in [0.25, 0.3) is 0 Å². The van der Waals surface area contributed by atoms with Crippen molar-refractivity contribution in [2.45, 2.75) is 32.9 Å². The van der Waals surface area contributed by atoms with Gasteiger partial charge in [-0.15, -0.1) is 0 Å². The second-order valence-corrected chi connectivity index (χ2v) is 4.27. The van der Waals surface area contributed by atoms with E-state index in [4.69, 9.17) is 4.74 Å². The summed E-state index contributed by atoms with van der Waals surface area (Å²) in [7, 11) is 1.63. The van der Waals surface area contributed by atoms with Gasteiger partial charge in [-0.2, -0.15) is 0 Å². The summed E-state index contributed by atoms with van der Waals surface area (Å²) in [5.74, 6) is 0.813. The average molecular weight is 236 g/mol. The van der Waals surface area contributed by atoms with Gasteiger partial charge in [0.2, 0.25) is 0 Å². The molecule has 2 amide bonds. The van der Waals surface area contributed by atoms with Crippen LogP contribution in [0.5, 0.6) is 5.75 Å². The van der Waals surface area contributed by atoms with Crippen LogP contribution in [-0.2, 0) is 0 Å². The van der Waals surface area contributed by atoms with Gasteiger partial charge in [-0.05, 0) is 38.5 Å². The van der Waals surface area contributed by atoms with E-state index >= 15 is 0 Å². The van der Waals surface area contributed by atoms with Crippen molar-refractivity contribution in [1.82, 2.24) is 10.6 Å². The van der Waals surface area contributed by atoms with Crippen molar-refractivity contribution in [2.75, 3.05) is 7.11 Å². The largest absolute Gasteiger partial charge is 0.497 e. The van der Waals surface area contributed by atoms with Crippen molar-refractivity contribution in [3.63, 3.8) is 0 Å². The van der Waals surface area contributed by atoms with Crippen molar-refractivity contribution in [1.29, 1.82) is 0 Å². The fourth-order valence-electron chi connectivity index (χ4n) is 1.48. The number of hydrogen-bond donors (Lipinski definition) is 2. The Morgan fingerprint density at radius 1 is 1.12 bits per heavy atom. The Morgan fingerprint density at radius 2 is 1.71 bits per heavy atom. The molecule has 0 saturated carbocycles. The number of carbonyl (C=O) groups is 1. The quantitative estimate of drug-likeness (QED) is 0.843. The van der Waals surface area contributed by atoms with Crippen LogP contribution in [0, 0.1) is 0 Å². The number of hydrogen-bond acceptors (Lipinski definition) is 2. The molecule has 0 spiro atoms. The van der Waals surface area contributed by atoms with Crippen LogP contribution in [0.15, 0.2) is 24.3 Å². The molecule has 1 aromatic carbocycles. The predicted octanol–water partition coefficient (Wildman–Crippen LogP) is 2.46. The molecular weight excluding hydrogens is 216 g/mol. The van der Waals surface area contributed by atoms with E-state index in [9.17, 15) is 4.79 Å². The molecule has 4 heteroatoms. The Balaban J connectivity index is 2.56. The Hall–Kier alpha value is -1.71. The highest BCUT2D eigenvalue weighted by Crippen LogP contribution is 2.16. The third kappa shape index (κ3) is 4.34. The number of urea groups is 1. The molecule has 0 aliphatic carbocycles. The zero-order chi connectivity index (χ0) is 12.8. The molecule has 0 heterocycles. The van der Waals surface area contributed by atoms with Gasteiger partial charge in [0.1, 0.15) is 5.75 Å². The molecule has 17 heavy (non-hydrogen) atoms. The van der Waals surface area contributed by atoms with Crippen molar-refractivity contribution < 1.29 is 9.53 Å². The summed E-state index contributed by atoms with van der Waals surface area (Å²) in [6.45, 7) is 5.80. The molecule has 94 valence electrons. The molecule has 2 N–H and O–H groups in total. The van der Waals surface area contributed by atoms with Gasteiger partial charge in [-0.25, -0.2) is 4.79 Å². The third-order valence-electron chi connectivity index (χ3n) is 2.38. The number of methoxy groups -OCH3 is 1. The minimum Gasteiger partial charge on any atom is -0.497 e. The number of rotatable bonds is 4. The number of benzene rings is 1. The van der Waals surface area contributed by atoms with Crippen LogP contribution in [0.4, 0.5) is 4.79 Å². The monoisotopic (exact) mass is 236 g/mol. The van der Waals surface area contributed by atoms with Gasteiger partial charge in [0.05, 0.1) is 13.2 Å². The van der Waals surface area contributed by atoms with E-state index in [1.165, 1.54) is 0 Å². The fraction of sp³-hybridized carbons (Fsp3) is 0.462. The van der Waals surface area contributed by atoms with Crippen LogP contribution >= 0.6 is 0 Å². The fourth-order valence-corrected chi connectivity index (χ4v) is 1.48. The number of carbonyl (C=O) groups excluding carboxylic acids is 1. The van der Waals surface area contributed by atoms with Crippen molar-refractivity contribution in [3.05, 3.63) is 29.8 Å². The summed E-state index contributed by atoms with van der Waals surface area (Å²) in [5, 5.41) is 5.67. The first-order chi connectivity index (χ1) is 8.02. The second-order valence-electron chi connectivity index (χ2n) is 4.27. The van der Waals surface area contributed by atoms with Gasteiger partial charge < -0.3 is 15.4 Å². The van der Waals surface area contributed by atoms with E-state index in [-0.39, 0.29) is 18.1 Å². The molecule has 4 nitrogen and oxygen atoms in total. The second kappa shape index (κ2) is 6.13. The maximum atomic E-state index is 11.5. The molecule has 0 radical (unpaired) electrons. The first-order valence-corrected chi connectivity index (χ1v) is 5.74. The zero-order valence-electron chi connectivity index (χ0n) is 10.8.